The molecule has 7 heteroatoms. The van der Waals surface area contributed by atoms with Gasteiger partial charge in [-0.1, -0.05) is 51.5 Å². The Bertz CT molecular complexity index is 1230. The number of anilines is 1. The third-order valence-electron chi connectivity index (χ3n) is 5.34. The van der Waals surface area contributed by atoms with Crippen LogP contribution in [0.5, 0.6) is 0 Å². The number of rotatable bonds is 5. The lowest BCUT2D eigenvalue weighted by Gasteiger charge is -2.26. The highest BCUT2D eigenvalue weighted by Gasteiger charge is 2.42. The molecule has 0 bridgehead atoms. The largest absolute Gasteiger partial charge is 0.452 e. The van der Waals surface area contributed by atoms with Gasteiger partial charge in [-0.15, -0.1) is 0 Å². The normalized spacial score (nSPS) is 18.1. The van der Waals surface area contributed by atoms with Gasteiger partial charge in [0.2, 0.25) is 0 Å². The van der Waals surface area contributed by atoms with Gasteiger partial charge in [-0.2, -0.15) is 0 Å². The zero-order valence-corrected chi connectivity index (χ0v) is 20.5. The summed E-state index contributed by atoms with van der Waals surface area (Å²) in [5.41, 5.74) is 3.16. The van der Waals surface area contributed by atoms with Crippen molar-refractivity contribution in [3.8, 4) is 0 Å². The first kappa shape index (κ1) is 21.2. The van der Waals surface area contributed by atoms with Gasteiger partial charge in [-0.3, -0.25) is 4.98 Å². The van der Waals surface area contributed by atoms with E-state index in [9.17, 15) is 0 Å². The number of hydrogen-bond donors (Lipinski definition) is 1. The molecule has 2 atom stereocenters. The van der Waals surface area contributed by atoms with Crippen molar-refractivity contribution in [2.45, 2.75) is 29.0 Å². The van der Waals surface area contributed by atoms with Gasteiger partial charge in [0.1, 0.15) is 11.8 Å². The molecule has 1 aliphatic rings. The molecule has 32 heavy (non-hydrogen) atoms. The van der Waals surface area contributed by atoms with E-state index in [-0.39, 0.29) is 12.1 Å². The van der Waals surface area contributed by atoms with Gasteiger partial charge in [0.15, 0.2) is 10.2 Å². The van der Waals surface area contributed by atoms with E-state index in [2.05, 4.69) is 74.5 Å². The quantitative estimate of drug-likeness (QED) is 0.283. The summed E-state index contributed by atoms with van der Waals surface area (Å²) in [6, 6.07) is 26.3. The molecule has 160 valence electrons. The van der Waals surface area contributed by atoms with E-state index in [0.717, 1.165) is 31.6 Å². The number of nitrogens with zero attached hydrogens (tertiary/aromatic N) is 2. The molecule has 5 rings (SSSR count). The minimum absolute atomic E-state index is 0.129. The van der Waals surface area contributed by atoms with Crippen LogP contribution < -0.4 is 10.2 Å². The Labute approximate surface area is 205 Å². The lowest BCUT2D eigenvalue weighted by molar-refractivity contribution is 0.383. The van der Waals surface area contributed by atoms with Gasteiger partial charge in [0, 0.05) is 21.3 Å². The number of aromatic nitrogens is 1. The van der Waals surface area contributed by atoms with E-state index in [0.29, 0.717) is 5.11 Å². The highest BCUT2D eigenvalue weighted by Crippen LogP contribution is 2.43. The lowest BCUT2D eigenvalue weighted by Crippen LogP contribution is -2.29. The monoisotopic (exact) mass is 521 g/mol. The van der Waals surface area contributed by atoms with E-state index in [1.807, 2.05) is 42.5 Å². The highest BCUT2D eigenvalue weighted by molar-refractivity contribution is 9.10. The van der Waals surface area contributed by atoms with Crippen molar-refractivity contribution in [2.24, 2.45) is 0 Å². The summed E-state index contributed by atoms with van der Waals surface area (Å²) in [5.74, 6) is 0.838. The minimum Gasteiger partial charge on any atom is -0.452 e. The van der Waals surface area contributed by atoms with Crippen molar-refractivity contribution < 1.29 is 4.42 Å². The smallest absolute Gasteiger partial charge is 0.174 e. The number of halogens is 1. The second-order valence-corrected chi connectivity index (χ2v) is 9.93. The molecule has 0 saturated carbocycles. The van der Waals surface area contributed by atoms with Crippen molar-refractivity contribution in [1.82, 2.24) is 10.3 Å². The molecule has 0 aliphatic carbocycles. The molecule has 0 amide bonds. The standard InChI is InChI=1S/C25H20BrN3OS2/c1-16-5-11-19(12-6-16)32-22-14-13-21(30-22)24-23(20-4-2-3-15-27-20)28-25(31)29(24)18-9-7-17(26)8-10-18/h2-15,23-24H,1H3,(H,28,31)/t23-,24+/m0/s1. The predicted molar refractivity (Wildman–Crippen MR) is 136 cm³/mol. The van der Waals surface area contributed by atoms with Gasteiger partial charge in [0.05, 0.1) is 11.7 Å². The predicted octanol–water partition coefficient (Wildman–Crippen LogP) is 7.07. The topological polar surface area (TPSA) is 41.3 Å². The van der Waals surface area contributed by atoms with Crippen molar-refractivity contribution in [1.29, 1.82) is 0 Å². The molecule has 0 unspecified atom stereocenters. The Morgan fingerprint density at radius 2 is 1.78 bits per heavy atom. The Hall–Kier alpha value is -2.61. The summed E-state index contributed by atoms with van der Waals surface area (Å²) in [5, 5.41) is 4.96. The molecular weight excluding hydrogens is 502 g/mol. The lowest BCUT2D eigenvalue weighted by atomic mass is 10.0. The molecule has 4 aromatic rings. The van der Waals surface area contributed by atoms with E-state index >= 15 is 0 Å². The zero-order chi connectivity index (χ0) is 22.1. The number of aryl methyl sites for hydroxylation is 1. The van der Waals surface area contributed by atoms with Crippen LogP contribution in [0.15, 0.2) is 104 Å². The van der Waals surface area contributed by atoms with Crippen LogP contribution in [0.3, 0.4) is 0 Å². The van der Waals surface area contributed by atoms with Crippen molar-refractivity contribution in [3.05, 3.63) is 107 Å². The molecule has 1 fully saturated rings. The molecule has 1 aliphatic heterocycles. The van der Waals surface area contributed by atoms with Crippen LogP contribution in [0.4, 0.5) is 5.69 Å². The Balaban J connectivity index is 1.52. The fourth-order valence-electron chi connectivity index (χ4n) is 3.79. The van der Waals surface area contributed by atoms with Gasteiger partial charge < -0.3 is 14.6 Å². The molecule has 2 aromatic heterocycles. The second kappa shape index (κ2) is 9.10. The molecule has 0 radical (unpaired) electrons. The molecule has 1 N–H and O–H groups in total. The summed E-state index contributed by atoms with van der Waals surface area (Å²) in [6.07, 6.45) is 1.81. The van der Waals surface area contributed by atoms with Crippen molar-refractivity contribution >= 4 is 50.7 Å². The first-order valence-corrected chi connectivity index (χ1v) is 12.2. The summed E-state index contributed by atoms with van der Waals surface area (Å²) < 4.78 is 7.38. The molecule has 4 nitrogen and oxygen atoms in total. The number of nitrogens with one attached hydrogen (secondary N) is 1. The van der Waals surface area contributed by atoms with Crippen LogP contribution in [-0.4, -0.2) is 10.1 Å². The van der Waals surface area contributed by atoms with Crippen LogP contribution in [-0.2, 0) is 0 Å². The first-order chi connectivity index (χ1) is 15.6. The molecule has 2 aromatic carbocycles. The highest BCUT2D eigenvalue weighted by atomic mass is 79.9. The maximum absolute atomic E-state index is 6.36. The summed E-state index contributed by atoms with van der Waals surface area (Å²) in [4.78, 5) is 7.85. The van der Waals surface area contributed by atoms with Crippen LogP contribution >= 0.6 is 39.9 Å². The van der Waals surface area contributed by atoms with Gasteiger partial charge in [-0.25, -0.2) is 0 Å². The molecular formula is C25H20BrN3OS2. The Morgan fingerprint density at radius 3 is 2.50 bits per heavy atom. The summed E-state index contributed by atoms with van der Waals surface area (Å²) >= 11 is 10.9. The van der Waals surface area contributed by atoms with Crippen LogP contribution in [0.2, 0.25) is 0 Å². The van der Waals surface area contributed by atoms with Crippen molar-refractivity contribution in [2.75, 3.05) is 4.90 Å². The number of hydrogen-bond acceptors (Lipinski definition) is 4. The van der Waals surface area contributed by atoms with Gasteiger partial charge in [-0.05, 0) is 79.8 Å². The molecule has 3 heterocycles. The summed E-state index contributed by atoms with van der Waals surface area (Å²) in [6.45, 7) is 2.09. The third kappa shape index (κ3) is 4.33. The maximum Gasteiger partial charge on any atom is 0.174 e. The Kier molecular flexibility index (Phi) is 6.04. The van der Waals surface area contributed by atoms with Crippen molar-refractivity contribution in [3.63, 3.8) is 0 Å². The molecule has 1 saturated heterocycles. The number of pyridine rings is 1. The summed E-state index contributed by atoms with van der Waals surface area (Å²) in [7, 11) is 0. The van der Waals surface area contributed by atoms with E-state index < -0.39 is 0 Å². The third-order valence-corrected chi connectivity index (χ3v) is 7.11. The van der Waals surface area contributed by atoms with E-state index in [1.165, 1.54) is 5.56 Å². The average Bonchev–Trinajstić information content (AvgIpc) is 3.40. The minimum atomic E-state index is -0.161. The average molecular weight is 522 g/mol. The van der Waals surface area contributed by atoms with Crippen LogP contribution in [0.1, 0.15) is 29.1 Å². The van der Waals surface area contributed by atoms with Crippen LogP contribution in [0, 0.1) is 6.92 Å². The number of furan rings is 1. The fourth-order valence-corrected chi connectivity index (χ4v) is 5.18. The van der Waals surface area contributed by atoms with E-state index in [4.69, 9.17) is 16.6 Å². The Morgan fingerprint density at radius 1 is 1.00 bits per heavy atom. The van der Waals surface area contributed by atoms with Crippen LogP contribution in [0.25, 0.3) is 0 Å². The van der Waals surface area contributed by atoms with E-state index in [1.54, 1.807) is 18.0 Å². The van der Waals surface area contributed by atoms with Gasteiger partial charge in [0.25, 0.3) is 0 Å². The number of thiocarbonyl (C=S) groups is 1. The SMILES string of the molecule is Cc1ccc(Sc2ccc([C@@H]3[C@H](c4ccccn4)NC(=S)N3c3ccc(Br)cc3)o2)cc1. The van der Waals surface area contributed by atoms with Gasteiger partial charge >= 0.3 is 0 Å². The second-order valence-electron chi connectivity index (χ2n) is 7.54. The molecule has 0 spiro atoms. The maximum atomic E-state index is 6.36. The fraction of sp³-hybridized carbons (Fsp3) is 0.120. The zero-order valence-electron chi connectivity index (χ0n) is 17.2. The first-order valence-electron chi connectivity index (χ1n) is 10.2. The number of benzene rings is 2.